The minimum atomic E-state index is 0.0971. The molecule has 0 aromatic carbocycles. The Hall–Kier alpha value is -1.20. The van der Waals surface area contributed by atoms with E-state index in [1.807, 2.05) is 20.0 Å². The fourth-order valence-corrected chi connectivity index (χ4v) is 2.09. The van der Waals surface area contributed by atoms with Crippen LogP contribution in [0.2, 0.25) is 5.02 Å². The standard InChI is InChI=1S/C10H11ClN4S/c1-6-3-12-9(16-6)7(2)15-10-13-4-8(11)5-14-10/h3-5,7H,1-2H3,(H,13,14,15). The summed E-state index contributed by atoms with van der Waals surface area (Å²) in [7, 11) is 0. The molecule has 0 radical (unpaired) electrons. The predicted octanol–water partition coefficient (Wildman–Crippen LogP) is 3.07. The number of aromatic nitrogens is 3. The van der Waals surface area contributed by atoms with E-state index in [1.54, 1.807) is 23.7 Å². The van der Waals surface area contributed by atoms with Crippen molar-refractivity contribution in [3.8, 4) is 0 Å². The summed E-state index contributed by atoms with van der Waals surface area (Å²) < 4.78 is 0. The first kappa shape index (κ1) is 11.3. The summed E-state index contributed by atoms with van der Waals surface area (Å²) in [5.41, 5.74) is 0. The summed E-state index contributed by atoms with van der Waals surface area (Å²) >= 11 is 7.37. The molecule has 0 fully saturated rings. The molecule has 0 aliphatic carbocycles. The van der Waals surface area contributed by atoms with Crippen LogP contribution in [0.3, 0.4) is 0 Å². The molecule has 2 heterocycles. The SMILES string of the molecule is Cc1cnc(C(C)Nc2ncc(Cl)cn2)s1. The maximum Gasteiger partial charge on any atom is 0.223 e. The van der Waals surface area contributed by atoms with E-state index in [4.69, 9.17) is 11.6 Å². The average Bonchev–Trinajstić information content (AvgIpc) is 2.68. The Morgan fingerprint density at radius 3 is 2.50 bits per heavy atom. The molecule has 0 aliphatic heterocycles. The van der Waals surface area contributed by atoms with Gasteiger partial charge in [0.1, 0.15) is 5.01 Å². The van der Waals surface area contributed by atoms with Gasteiger partial charge < -0.3 is 5.32 Å². The van der Waals surface area contributed by atoms with Gasteiger partial charge in [0.05, 0.1) is 23.5 Å². The Labute approximate surface area is 103 Å². The summed E-state index contributed by atoms with van der Waals surface area (Å²) in [6.45, 7) is 4.06. The largest absolute Gasteiger partial charge is 0.345 e. The number of hydrogen-bond donors (Lipinski definition) is 1. The van der Waals surface area contributed by atoms with Crippen LogP contribution in [-0.2, 0) is 0 Å². The summed E-state index contributed by atoms with van der Waals surface area (Å²) in [6, 6.07) is 0.0971. The second-order valence-corrected chi connectivity index (χ2v) is 5.10. The lowest BCUT2D eigenvalue weighted by Crippen LogP contribution is -2.08. The maximum absolute atomic E-state index is 5.71. The van der Waals surface area contributed by atoms with Crippen molar-refractivity contribution in [2.24, 2.45) is 0 Å². The van der Waals surface area contributed by atoms with Crippen molar-refractivity contribution in [2.45, 2.75) is 19.9 Å². The van der Waals surface area contributed by atoms with Crippen molar-refractivity contribution in [1.29, 1.82) is 0 Å². The van der Waals surface area contributed by atoms with E-state index in [9.17, 15) is 0 Å². The van der Waals surface area contributed by atoms with Gasteiger partial charge in [0.2, 0.25) is 5.95 Å². The van der Waals surface area contributed by atoms with Gasteiger partial charge in [-0.3, -0.25) is 0 Å². The zero-order valence-electron chi connectivity index (χ0n) is 8.94. The lowest BCUT2D eigenvalue weighted by atomic mass is 10.4. The van der Waals surface area contributed by atoms with Gasteiger partial charge in [-0.2, -0.15) is 0 Å². The highest BCUT2D eigenvalue weighted by Gasteiger charge is 2.10. The van der Waals surface area contributed by atoms with Crippen molar-refractivity contribution in [3.05, 3.63) is 33.5 Å². The van der Waals surface area contributed by atoms with E-state index in [1.165, 1.54) is 4.88 Å². The van der Waals surface area contributed by atoms with Crippen molar-refractivity contribution in [2.75, 3.05) is 5.32 Å². The van der Waals surface area contributed by atoms with Crippen LogP contribution < -0.4 is 5.32 Å². The van der Waals surface area contributed by atoms with Crippen molar-refractivity contribution >= 4 is 28.9 Å². The minimum absolute atomic E-state index is 0.0971. The molecule has 16 heavy (non-hydrogen) atoms. The van der Waals surface area contributed by atoms with Crippen molar-refractivity contribution in [3.63, 3.8) is 0 Å². The molecule has 6 heteroatoms. The van der Waals surface area contributed by atoms with Crippen LogP contribution in [0.15, 0.2) is 18.6 Å². The van der Waals surface area contributed by atoms with Gasteiger partial charge in [0, 0.05) is 11.1 Å². The van der Waals surface area contributed by atoms with E-state index in [0.717, 1.165) is 5.01 Å². The fourth-order valence-electron chi connectivity index (χ4n) is 1.21. The van der Waals surface area contributed by atoms with Crippen molar-refractivity contribution < 1.29 is 0 Å². The number of thiazole rings is 1. The fraction of sp³-hybridized carbons (Fsp3) is 0.300. The van der Waals surface area contributed by atoms with E-state index >= 15 is 0 Å². The summed E-state index contributed by atoms with van der Waals surface area (Å²) in [6.07, 6.45) is 4.99. The molecule has 0 amide bonds. The highest BCUT2D eigenvalue weighted by molar-refractivity contribution is 7.11. The lowest BCUT2D eigenvalue weighted by Gasteiger charge is -2.10. The summed E-state index contributed by atoms with van der Waals surface area (Å²) in [5, 5.41) is 4.72. The number of anilines is 1. The van der Waals surface area contributed by atoms with Gasteiger partial charge >= 0.3 is 0 Å². The van der Waals surface area contributed by atoms with E-state index in [0.29, 0.717) is 11.0 Å². The molecule has 1 atom stereocenters. The normalized spacial score (nSPS) is 12.4. The average molecular weight is 255 g/mol. The summed E-state index contributed by atoms with van der Waals surface area (Å²) in [5.74, 6) is 0.560. The molecule has 0 bridgehead atoms. The molecule has 0 saturated heterocycles. The zero-order chi connectivity index (χ0) is 11.5. The van der Waals surface area contributed by atoms with Gasteiger partial charge in [-0.25, -0.2) is 15.0 Å². The Kier molecular flexibility index (Phi) is 3.36. The zero-order valence-corrected chi connectivity index (χ0v) is 10.5. The molecule has 2 aromatic heterocycles. The molecule has 2 rings (SSSR count). The molecule has 2 aromatic rings. The number of nitrogens with one attached hydrogen (secondary N) is 1. The molecule has 0 aliphatic rings. The molecule has 1 unspecified atom stereocenters. The number of aryl methyl sites for hydroxylation is 1. The number of halogens is 1. The van der Waals surface area contributed by atoms with Crippen LogP contribution in [0.5, 0.6) is 0 Å². The van der Waals surface area contributed by atoms with E-state index < -0.39 is 0 Å². The lowest BCUT2D eigenvalue weighted by molar-refractivity contribution is 0.848. The Morgan fingerprint density at radius 2 is 1.94 bits per heavy atom. The number of rotatable bonds is 3. The van der Waals surface area contributed by atoms with Gasteiger partial charge in [-0.05, 0) is 13.8 Å². The topological polar surface area (TPSA) is 50.7 Å². The molecule has 0 saturated carbocycles. The van der Waals surface area contributed by atoms with Gasteiger partial charge in [0.25, 0.3) is 0 Å². The molecule has 4 nitrogen and oxygen atoms in total. The minimum Gasteiger partial charge on any atom is -0.345 e. The highest BCUT2D eigenvalue weighted by Crippen LogP contribution is 2.21. The van der Waals surface area contributed by atoms with Crippen LogP contribution in [0.25, 0.3) is 0 Å². The van der Waals surface area contributed by atoms with Crippen LogP contribution in [0, 0.1) is 6.92 Å². The van der Waals surface area contributed by atoms with Crippen molar-refractivity contribution in [1.82, 2.24) is 15.0 Å². The third kappa shape index (κ3) is 2.68. The van der Waals surface area contributed by atoms with Gasteiger partial charge in [-0.15, -0.1) is 11.3 Å². The molecular weight excluding hydrogens is 244 g/mol. The molecule has 1 N–H and O–H groups in total. The molecular formula is C10H11ClN4S. The number of nitrogens with zero attached hydrogens (tertiary/aromatic N) is 3. The quantitative estimate of drug-likeness (QED) is 0.915. The third-order valence-electron chi connectivity index (χ3n) is 1.98. The van der Waals surface area contributed by atoms with Crippen LogP contribution in [0.1, 0.15) is 22.9 Å². The maximum atomic E-state index is 5.71. The third-order valence-corrected chi connectivity index (χ3v) is 3.27. The second-order valence-electron chi connectivity index (χ2n) is 3.40. The van der Waals surface area contributed by atoms with Crippen LogP contribution in [-0.4, -0.2) is 15.0 Å². The highest BCUT2D eigenvalue weighted by atomic mass is 35.5. The number of hydrogen-bond acceptors (Lipinski definition) is 5. The molecule has 0 spiro atoms. The predicted molar refractivity (Wildman–Crippen MR) is 65.9 cm³/mol. The van der Waals surface area contributed by atoms with Crippen LogP contribution in [0.4, 0.5) is 5.95 Å². The first-order valence-corrected chi connectivity index (χ1v) is 6.01. The Balaban J connectivity index is 2.07. The first-order chi connectivity index (χ1) is 7.65. The van der Waals surface area contributed by atoms with Crippen LogP contribution >= 0.6 is 22.9 Å². The van der Waals surface area contributed by atoms with Gasteiger partial charge in [0.15, 0.2) is 0 Å². The summed E-state index contributed by atoms with van der Waals surface area (Å²) in [4.78, 5) is 13.6. The monoisotopic (exact) mass is 254 g/mol. The smallest absolute Gasteiger partial charge is 0.223 e. The molecule has 84 valence electrons. The Morgan fingerprint density at radius 1 is 1.25 bits per heavy atom. The second kappa shape index (κ2) is 4.76. The van der Waals surface area contributed by atoms with E-state index in [-0.39, 0.29) is 6.04 Å². The Bertz CT molecular complexity index is 468. The van der Waals surface area contributed by atoms with E-state index in [2.05, 4.69) is 20.3 Å². The van der Waals surface area contributed by atoms with Gasteiger partial charge in [-0.1, -0.05) is 11.6 Å². The first-order valence-electron chi connectivity index (χ1n) is 4.81.